The summed E-state index contributed by atoms with van der Waals surface area (Å²) in [5.74, 6) is -0.727. The number of carbonyl (C=O) groups is 3. The van der Waals surface area contributed by atoms with E-state index in [1.165, 1.54) is 18.5 Å². The van der Waals surface area contributed by atoms with Crippen molar-refractivity contribution in [1.82, 2.24) is 9.97 Å². The van der Waals surface area contributed by atoms with Crippen LogP contribution >= 0.6 is 0 Å². The monoisotopic (exact) mass is 658 g/mol. The van der Waals surface area contributed by atoms with Gasteiger partial charge in [-0.25, -0.2) is 14.4 Å². The Hall–Kier alpha value is -6.10. The minimum atomic E-state index is -0.942. The third kappa shape index (κ3) is 11.6. The van der Waals surface area contributed by atoms with Crippen molar-refractivity contribution in [3.63, 3.8) is 0 Å². The number of aromatic nitrogens is 2. The van der Waals surface area contributed by atoms with Crippen molar-refractivity contribution in [2.24, 2.45) is 11.5 Å². The van der Waals surface area contributed by atoms with Gasteiger partial charge in [-0.1, -0.05) is 78.9 Å². The number of aryl methyl sites for hydroxylation is 1. The smallest absolute Gasteiger partial charge is 0.337 e. The molecular formula is C39H38N4O6. The number of carboxylic acid groups (broad SMARTS) is 1. The van der Waals surface area contributed by atoms with Crippen molar-refractivity contribution in [2.75, 3.05) is 0 Å². The van der Waals surface area contributed by atoms with E-state index in [-0.39, 0.29) is 5.56 Å². The van der Waals surface area contributed by atoms with E-state index < -0.39 is 30.0 Å². The van der Waals surface area contributed by atoms with Crippen LogP contribution in [-0.4, -0.2) is 45.1 Å². The Morgan fingerprint density at radius 2 is 1.35 bits per heavy atom. The molecule has 0 unspecified atom stereocenters. The number of ether oxygens (including phenoxy) is 2. The molecule has 0 saturated heterocycles. The predicted octanol–water partition coefficient (Wildman–Crippen LogP) is 5.89. The Balaban J connectivity index is 0.000000180. The number of nitrogens with one attached hydrogen (secondary N) is 1. The number of rotatable bonds is 9. The van der Waals surface area contributed by atoms with E-state index in [1.807, 2.05) is 104 Å². The number of aromatic amines is 1. The highest BCUT2D eigenvalue weighted by molar-refractivity contribution is 5.87. The van der Waals surface area contributed by atoms with Crippen molar-refractivity contribution < 1.29 is 29.0 Å². The molecule has 0 saturated carbocycles. The molecule has 2 aromatic heterocycles. The first-order chi connectivity index (χ1) is 23.7. The number of aromatic carboxylic acids is 1. The highest BCUT2D eigenvalue weighted by Crippen LogP contribution is 2.20. The van der Waals surface area contributed by atoms with Crippen LogP contribution in [-0.2, 0) is 22.4 Å². The molecule has 10 nitrogen and oxygen atoms in total. The van der Waals surface area contributed by atoms with Gasteiger partial charge in [0.05, 0.1) is 5.56 Å². The Morgan fingerprint density at radius 3 is 1.98 bits per heavy atom. The maximum atomic E-state index is 12.1. The molecule has 250 valence electrons. The fraction of sp³-hybridized carbons (Fsp3) is 0.128. The van der Waals surface area contributed by atoms with Gasteiger partial charge in [0, 0.05) is 35.9 Å². The van der Waals surface area contributed by atoms with Gasteiger partial charge < -0.3 is 31.0 Å². The van der Waals surface area contributed by atoms with Gasteiger partial charge in [-0.2, -0.15) is 0 Å². The molecule has 0 amide bonds. The van der Waals surface area contributed by atoms with Gasteiger partial charge in [0.25, 0.3) is 0 Å². The van der Waals surface area contributed by atoms with Crippen LogP contribution in [0.3, 0.4) is 0 Å². The SMILES string of the molecule is Cc1cccc(OC(=O)[C@@H](N)Cc2c[nH]c3ccccc23)c1.N[C@@H](Cc1ccccc1)C(=O)Oc1ccccc1.O=C(O)c1cccnc1. The van der Waals surface area contributed by atoms with Gasteiger partial charge >= 0.3 is 17.9 Å². The number of nitrogens with two attached hydrogens (primary N) is 2. The molecule has 6 rings (SSSR count). The summed E-state index contributed by atoms with van der Waals surface area (Å²) in [5, 5.41) is 9.43. The van der Waals surface area contributed by atoms with Crippen molar-refractivity contribution in [2.45, 2.75) is 31.8 Å². The van der Waals surface area contributed by atoms with Gasteiger partial charge in [0.2, 0.25) is 0 Å². The van der Waals surface area contributed by atoms with Crippen LogP contribution in [0.5, 0.6) is 11.5 Å². The van der Waals surface area contributed by atoms with E-state index in [0.29, 0.717) is 24.3 Å². The normalized spacial score (nSPS) is 11.5. The molecule has 2 atom stereocenters. The zero-order valence-electron chi connectivity index (χ0n) is 26.9. The summed E-state index contributed by atoms with van der Waals surface area (Å²) < 4.78 is 10.5. The number of benzene rings is 4. The maximum absolute atomic E-state index is 12.1. The number of carbonyl (C=O) groups excluding carboxylic acids is 2. The van der Waals surface area contributed by atoms with E-state index in [1.54, 1.807) is 24.3 Å². The molecule has 49 heavy (non-hydrogen) atoms. The van der Waals surface area contributed by atoms with Gasteiger partial charge in [-0.3, -0.25) is 4.98 Å². The van der Waals surface area contributed by atoms with Crippen LogP contribution in [0.4, 0.5) is 0 Å². The molecular weight excluding hydrogens is 620 g/mol. The second kappa shape index (κ2) is 18.3. The summed E-state index contributed by atoms with van der Waals surface area (Å²) in [6.07, 6.45) is 5.65. The molecule has 4 aromatic carbocycles. The van der Waals surface area contributed by atoms with E-state index in [9.17, 15) is 14.4 Å². The predicted molar refractivity (Wildman–Crippen MR) is 188 cm³/mol. The number of para-hydroxylation sites is 2. The molecule has 0 aliphatic heterocycles. The topological polar surface area (TPSA) is 171 Å². The molecule has 0 bridgehead atoms. The summed E-state index contributed by atoms with van der Waals surface area (Å²) >= 11 is 0. The molecule has 0 fully saturated rings. The van der Waals surface area contributed by atoms with Gasteiger partial charge in [0.1, 0.15) is 23.6 Å². The van der Waals surface area contributed by atoms with Crippen LogP contribution < -0.4 is 20.9 Å². The number of fused-ring (bicyclic) bond motifs is 1. The van der Waals surface area contributed by atoms with Crippen LogP contribution in [0.2, 0.25) is 0 Å². The standard InChI is InChI=1S/C18H18N2O2.C15H15NO2.C6H5NO2/c1-12-5-4-6-14(9-12)22-18(21)16(19)10-13-11-20-17-8-3-2-7-15(13)17;16-14(11-12-7-3-1-4-8-12)15(17)18-13-9-5-2-6-10-13;8-6(9)5-2-1-3-7-4-5/h2-9,11,16,20H,10,19H2,1H3;1-10,14H,11,16H2;1-4H,(H,8,9)/t16-;14-;/m00./s1. The average molecular weight is 659 g/mol. The summed E-state index contributed by atoms with van der Waals surface area (Å²) in [6, 6.07) is 35.6. The van der Waals surface area contributed by atoms with E-state index in [0.717, 1.165) is 27.6 Å². The third-order valence-electron chi connectivity index (χ3n) is 7.10. The van der Waals surface area contributed by atoms with Gasteiger partial charge in [0.15, 0.2) is 0 Å². The van der Waals surface area contributed by atoms with Crippen LogP contribution in [0.15, 0.2) is 140 Å². The van der Waals surface area contributed by atoms with Crippen LogP contribution in [0.1, 0.15) is 27.0 Å². The average Bonchev–Trinajstić information content (AvgIpc) is 3.52. The lowest BCUT2D eigenvalue weighted by Gasteiger charge is -2.11. The molecule has 6 N–H and O–H groups in total. The fourth-order valence-electron chi connectivity index (χ4n) is 4.61. The Morgan fingerprint density at radius 1 is 0.735 bits per heavy atom. The Kier molecular flexibility index (Phi) is 13.3. The van der Waals surface area contributed by atoms with Crippen LogP contribution in [0.25, 0.3) is 10.9 Å². The third-order valence-corrected chi connectivity index (χ3v) is 7.10. The van der Waals surface area contributed by atoms with E-state index >= 15 is 0 Å². The summed E-state index contributed by atoms with van der Waals surface area (Å²) in [4.78, 5) is 40.9. The lowest BCUT2D eigenvalue weighted by molar-refractivity contribution is -0.136. The number of carboxylic acids is 1. The first-order valence-corrected chi connectivity index (χ1v) is 15.5. The zero-order valence-corrected chi connectivity index (χ0v) is 26.9. The number of hydrogen-bond donors (Lipinski definition) is 4. The van der Waals surface area contributed by atoms with E-state index in [2.05, 4.69) is 9.97 Å². The first-order valence-electron chi connectivity index (χ1n) is 15.5. The molecule has 0 aliphatic carbocycles. The highest BCUT2D eigenvalue weighted by atomic mass is 16.5. The number of pyridine rings is 1. The minimum absolute atomic E-state index is 0.220. The number of esters is 2. The highest BCUT2D eigenvalue weighted by Gasteiger charge is 2.19. The first kappa shape index (κ1) is 35.7. The summed E-state index contributed by atoms with van der Waals surface area (Å²) in [7, 11) is 0. The molecule has 10 heteroatoms. The van der Waals surface area contributed by atoms with E-state index in [4.69, 9.17) is 26.0 Å². The van der Waals surface area contributed by atoms with Crippen molar-refractivity contribution in [3.05, 3.63) is 162 Å². The number of nitrogens with zero attached hydrogens (tertiary/aromatic N) is 1. The zero-order chi connectivity index (χ0) is 35.0. The van der Waals surface area contributed by atoms with Gasteiger partial charge in [-0.05, 0) is 72.5 Å². The summed E-state index contributed by atoms with van der Waals surface area (Å²) in [5.41, 5.74) is 16.2. The van der Waals surface area contributed by atoms with Gasteiger partial charge in [-0.15, -0.1) is 0 Å². The molecule has 0 aliphatic rings. The maximum Gasteiger partial charge on any atom is 0.337 e. The quantitative estimate of drug-likeness (QED) is 0.109. The fourth-order valence-corrected chi connectivity index (χ4v) is 4.61. The minimum Gasteiger partial charge on any atom is -0.478 e. The molecule has 0 radical (unpaired) electrons. The second-order valence-corrected chi connectivity index (χ2v) is 11.0. The van der Waals surface area contributed by atoms with Crippen LogP contribution in [0, 0.1) is 6.92 Å². The largest absolute Gasteiger partial charge is 0.478 e. The summed E-state index contributed by atoms with van der Waals surface area (Å²) in [6.45, 7) is 1.95. The Bertz CT molecular complexity index is 1930. The van der Waals surface area contributed by atoms with Crippen molar-refractivity contribution in [3.8, 4) is 11.5 Å². The lowest BCUT2D eigenvalue weighted by atomic mass is 10.1. The van der Waals surface area contributed by atoms with Crippen molar-refractivity contribution >= 4 is 28.8 Å². The number of H-pyrrole nitrogens is 1. The lowest BCUT2D eigenvalue weighted by Crippen LogP contribution is -2.36. The second-order valence-electron chi connectivity index (χ2n) is 11.0. The Labute approximate surface area is 284 Å². The molecule has 0 spiro atoms. The number of hydrogen-bond acceptors (Lipinski definition) is 8. The molecule has 6 aromatic rings. The molecule has 2 heterocycles. The van der Waals surface area contributed by atoms with Crippen molar-refractivity contribution in [1.29, 1.82) is 0 Å².